The highest BCUT2D eigenvalue weighted by molar-refractivity contribution is 9.11. The van der Waals surface area contributed by atoms with E-state index in [9.17, 15) is 4.79 Å². The first-order chi connectivity index (χ1) is 8.58. The summed E-state index contributed by atoms with van der Waals surface area (Å²) in [6.07, 6.45) is 0. The largest absolute Gasteiger partial charge is 0.347 e. The summed E-state index contributed by atoms with van der Waals surface area (Å²) in [5, 5.41) is 3.30. The van der Waals surface area contributed by atoms with Gasteiger partial charge in [0.05, 0.1) is 3.79 Å². The molecular weight excluding hydrogens is 314 g/mol. The van der Waals surface area contributed by atoms with Crippen LogP contribution in [0.4, 0.5) is 0 Å². The minimum atomic E-state index is -0.0466. The van der Waals surface area contributed by atoms with Gasteiger partial charge in [0, 0.05) is 45.2 Å². The van der Waals surface area contributed by atoms with E-state index in [1.165, 1.54) is 4.88 Å². The second-order valence-corrected chi connectivity index (χ2v) is 7.18. The Morgan fingerprint density at radius 1 is 1.61 bits per heavy atom. The molecule has 1 aromatic rings. The summed E-state index contributed by atoms with van der Waals surface area (Å²) in [7, 11) is 3.63. The summed E-state index contributed by atoms with van der Waals surface area (Å²) < 4.78 is 1.14. The first-order valence-electron chi connectivity index (χ1n) is 5.98. The SMILES string of the molecule is CN(C)C(=O)C1CNCCN1Cc1ccc(Br)s1. The van der Waals surface area contributed by atoms with Crippen molar-refractivity contribution in [2.75, 3.05) is 33.7 Å². The maximum atomic E-state index is 12.1. The van der Waals surface area contributed by atoms with E-state index in [2.05, 4.69) is 38.3 Å². The fourth-order valence-corrected chi connectivity index (χ4v) is 3.62. The van der Waals surface area contributed by atoms with Gasteiger partial charge in [0.1, 0.15) is 6.04 Å². The molecule has 2 heterocycles. The van der Waals surface area contributed by atoms with Gasteiger partial charge in [-0.3, -0.25) is 9.69 Å². The molecule has 4 nitrogen and oxygen atoms in total. The molecule has 0 bridgehead atoms. The molecule has 6 heteroatoms. The van der Waals surface area contributed by atoms with Gasteiger partial charge in [-0.05, 0) is 28.1 Å². The number of piperazine rings is 1. The Balaban J connectivity index is 2.06. The molecule has 1 fully saturated rings. The number of hydrogen-bond donors (Lipinski definition) is 1. The molecule has 0 spiro atoms. The number of amides is 1. The van der Waals surface area contributed by atoms with Crippen LogP contribution in [0, 0.1) is 0 Å². The Bertz CT molecular complexity index is 421. The lowest BCUT2D eigenvalue weighted by molar-refractivity contribution is -0.135. The molecule has 1 aromatic heterocycles. The van der Waals surface area contributed by atoms with Gasteiger partial charge >= 0.3 is 0 Å². The van der Waals surface area contributed by atoms with Crippen LogP contribution in [-0.2, 0) is 11.3 Å². The highest BCUT2D eigenvalue weighted by Gasteiger charge is 2.29. The van der Waals surface area contributed by atoms with Crippen molar-refractivity contribution in [3.63, 3.8) is 0 Å². The number of halogens is 1. The van der Waals surface area contributed by atoms with Crippen molar-refractivity contribution in [1.29, 1.82) is 0 Å². The lowest BCUT2D eigenvalue weighted by Crippen LogP contribution is -2.57. The van der Waals surface area contributed by atoms with Crippen molar-refractivity contribution < 1.29 is 4.79 Å². The summed E-state index contributed by atoms with van der Waals surface area (Å²) in [6.45, 7) is 3.45. The molecule has 1 aliphatic heterocycles. The van der Waals surface area contributed by atoms with Gasteiger partial charge in [-0.1, -0.05) is 0 Å². The van der Waals surface area contributed by atoms with Crippen LogP contribution < -0.4 is 5.32 Å². The van der Waals surface area contributed by atoms with Crippen molar-refractivity contribution in [3.05, 3.63) is 20.8 Å². The minimum absolute atomic E-state index is 0.0466. The fourth-order valence-electron chi connectivity index (χ4n) is 2.11. The summed E-state index contributed by atoms with van der Waals surface area (Å²) >= 11 is 5.21. The third kappa shape index (κ3) is 3.32. The molecule has 2 rings (SSSR count). The molecule has 0 aliphatic carbocycles. The van der Waals surface area contributed by atoms with Crippen LogP contribution in [-0.4, -0.2) is 55.5 Å². The zero-order valence-electron chi connectivity index (χ0n) is 10.6. The highest BCUT2D eigenvalue weighted by atomic mass is 79.9. The lowest BCUT2D eigenvalue weighted by atomic mass is 10.1. The zero-order valence-corrected chi connectivity index (χ0v) is 13.1. The Morgan fingerprint density at radius 3 is 3.00 bits per heavy atom. The topological polar surface area (TPSA) is 35.6 Å². The third-order valence-corrected chi connectivity index (χ3v) is 4.68. The number of nitrogens with zero attached hydrogens (tertiary/aromatic N) is 2. The van der Waals surface area contributed by atoms with E-state index in [0.717, 1.165) is 30.0 Å². The summed E-state index contributed by atoms with van der Waals surface area (Å²) in [5.74, 6) is 0.179. The smallest absolute Gasteiger partial charge is 0.240 e. The predicted molar refractivity (Wildman–Crippen MR) is 77.8 cm³/mol. The number of carbonyl (C=O) groups is 1. The monoisotopic (exact) mass is 331 g/mol. The van der Waals surface area contributed by atoms with E-state index < -0.39 is 0 Å². The van der Waals surface area contributed by atoms with Gasteiger partial charge < -0.3 is 10.2 Å². The molecule has 1 atom stereocenters. The summed E-state index contributed by atoms with van der Waals surface area (Å²) in [5.41, 5.74) is 0. The van der Waals surface area contributed by atoms with Gasteiger partial charge in [0.15, 0.2) is 0 Å². The van der Waals surface area contributed by atoms with Crippen LogP contribution in [0.1, 0.15) is 4.88 Å². The van der Waals surface area contributed by atoms with E-state index in [4.69, 9.17) is 0 Å². The van der Waals surface area contributed by atoms with Gasteiger partial charge in [0.25, 0.3) is 0 Å². The van der Waals surface area contributed by atoms with Crippen LogP contribution >= 0.6 is 27.3 Å². The van der Waals surface area contributed by atoms with E-state index in [0.29, 0.717) is 0 Å². The molecule has 0 radical (unpaired) electrons. The number of nitrogens with one attached hydrogen (secondary N) is 1. The van der Waals surface area contributed by atoms with Crippen molar-refractivity contribution >= 4 is 33.2 Å². The van der Waals surface area contributed by atoms with Crippen LogP contribution in [0.3, 0.4) is 0 Å². The average molecular weight is 332 g/mol. The molecular formula is C12H18BrN3OS. The molecule has 0 saturated carbocycles. The van der Waals surface area contributed by atoms with Crippen LogP contribution in [0.2, 0.25) is 0 Å². The van der Waals surface area contributed by atoms with Gasteiger partial charge in [0.2, 0.25) is 5.91 Å². The van der Waals surface area contributed by atoms with Crippen LogP contribution in [0.5, 0.6) is 0 Å². The number of carbonyl (C=O) groups excluding carboxylic acids is 1. The maximum absolute atomic E-state index is 12.1. The third-order valence-electron chi connectivity index (χ3n) is 3.07. The zero-order chi connectivity index (χ0) is 13.1. The predicted octanol–water partition coefficient (Wildman–Crippen LogP) is 1.37. The standard InChI is InChI=1S/C12H18BrN3OS/c1-15(2)12(17)10-7-14-5-6-16(10)8-9-3-4-11(13)18-9/h3-4,10,14H,5-8H2,1-2H3. The number of likely N-dealkylation sites (N-methyl/N-ethyl adjacent to an activating group) is 1. The molecule has 1 aliphatic rings. The molecule has 1 saturated heterocycles. The van der Waals surface area contributed by atoms with E-state index in [-0.39, 0.29) is 11.9 Å². The van der Waals surface area contributed by atoms with Crippen LogP contribution in [0.25, 0.3) is 0 Å². The first-order valence-corrected chi connectivity index (χ1v) is 7.59. The Labute approximate surface area is 120 Å². The quantitative estimate of drug-likeness (QED) is 0.908. The minimum Gasteiger partial charge on any atom is -0.347 e. The molecule has 0 aromatic carbocycles. The van der Waals surface area contributed by atoms with Crippen molar-refractivity contribution in [3.8, 4) is 0 Å². The number of rotatable bonds is 3. The molecule has 1 amide bonds. The summed E-state index contributed by atoms with van der Waals surface area (Å²) in [4.78, 5) is 17.4. The molecule has 18 heavy (non-hydrogen) atoms. The normalized spacial score (nSPS) is 20.9. The van der Waals surface area contributed by atoms with E-state index in [1.54, 1.807) is 16.2 Å². The first kappa shape index (κ1) is 14.0. The number of hydrogen-bond acceptors (Lipinski definition) is 4. The Morgan fingerprint density at radius 2 is 2.39 bits per heavy atom. The fraction of sp³-hybridized carbons (Fsp3) is 0.583. The van der Waals surface area contributed by atoms with Gasteiger partial charge in [-0.2, -0.15) is 0 Å². The van der Waals surface area contributed by atoms with Crippen molar-refractivity contribution in [1.82, 2.24) is 15.1 Å². The maximum Gasteiger partial charge on any atom is 0.240 e. The highest BCUT2D eigenvalue weighted by Crippen LogP contribution is 2.24. The Hall–Kier alpha value is -0.430. The van der Waals surface area contributed by atoms with E-state index >= 15 is 0 Å². The molecule has 1 unspecified atom stereocenters. The lowest BCUT2D eigenvalue weighted by Gasteiger charge is -2.36. The van der Waals surface area contributed by atoms with Crippen molar-refractivity contribution in [2.24, 2.45) is 0 Å². The average Bonchev–Trinajstić information content (AvgIpc) is 2.74. The van der Waals surface area contributed by atoms with Gasteiger partial charge in [-0.15, -0.1) is 11.3 Å². The van der Waals surface area contributed by atoms with Crippen LogP contribution in [0.15, 0.2) is 15.9 Å². The second-order valence-electron chi connectivity index (χ2n) is 4.63. The van der Waals surface area contributed by atoms with Crippen molar-refractivity contribution in [2.45, 2.75) is 12.6 Å². The number of thiophene rings is 1. The summed E-state index contributed by atoms with van der Waals surface area (Å²) in [6, 6.07) is 4.13. The second kappa shape index (κ2) is 6.14. The molecule has 100 valence electrons. The Kier molecular flexibility index (Phi) is 4.77. The van der Waals surface area contributed by atoms with Gasteiger partial charge in [-0.25, -0.2) is 0 Å². The van der Waals surface area contributed by atoms with E-state index in [1.807, 2.05) is 14.1 Å². The molecule has 1 N–H and O–H groups in total.